The Morgan fingerprint density at radius 3 is 2.29 bits per heavy atom. The quantitative estimate of drug-likeness (QED) is 0.344. The minimum Gasteiger partial charge on any atom is -0.489 e. The normalized spacial score (nSPS) is 11.4. The maximum absolute atomic E-state index is 12.5. The summed E-state index contributed by atoms with van der Waals surface area (Å²) in [5, 5.41) is 2.86. The number of ether oxygens (including phenoxy) is 2. The number of carbonyl (C=O) groups excluding carboxylic acids is 1. The first-order valence-electron chi connectivity index (χ1n) is 11.7. The van der Waals surface area contributed by atoms with Gasteiger partial charge in [-0.15, -0.1) is 0 Å². The summed E-state index contributed by atoms with van der Waals surface area (Å²) in [6.07, 6.45) is 0.946. The van der Waals surface area contributed by atoms with E-state index in [0.717, 1.165) is 52.5 Å². The van der Waals surface area contributed by atoms with Crippen LogP contribution in [0.15, 0.2) is 73.3 Å². The van der Waals surface area contributed by atoms with Crippen LogP contribution in [0.4, 0.5) is 16.2 Å². The topological polar surface area (TPSA) is 50.8 Å². The molecule has 34 heavy (non-hydrogen) atoms. The van der Waals surface area contributed by atoms with Crippen LogP contribution in [-0.4, -0.2) is 19.2 Å². The standard InChI is InChI=1S/C29H34N2O3/c1-6-23-9-11-24(12-10-23)20-33-27-16-13-25(14-17-27)22(5)34-29(32)30-28-18-15-26(19-21(28)4)31(7-2)8-3/h6,9-19,22H,1,7-8,20H2,2-5H3,(H,30,32). The molecule has 3 aromatic rings. The van der Waals surface area contributed by atoms with Gasteiger partial charge in [0.25, 0.3) is 0 Å². The minimum absolute atomic E-state index is 0.393. The molecule has 1 atom stereocenters. The van der Waals surface area contributed by atoms with Crippen LogP contribution in [0, 0.1) is 6.92 Å². The van der Waals surface area contributed by atoms with Crippen molar-refractivity contribution in [1.82, 2.24) is 0 Å². The highest BCUT2D eigenvalue weighted by Gasteiger charge is 2.14. The SMILES string of the molecule is C=Cc1ccc(COc2ccc(C(C)OC(=O)Nc3ccc(N(CC)CC)cc3C)cc2)cc1. The summed E-state index contributed by atoms with van der Waals surface area (Å²) in [6.45, 7) is 14.2. The van der Waals surface area contributed by atoms with E-state index in [9.17, 15) is 4.79 Å². The predicted octanol–water partition coefficient (Wildman–Crippen LogP) is 7.37. The Hall–Kier alpha value is -3.73. The number of hydrogen-bond acceptors (Lipinski definition) is 4. The number of amides is 1. The van der Waals surface area contributed by atoms with Crippen molar-refractivity contribution in [2.45, 2.75) is 40.4 Å². The van der Waals surface area contributed by atoms with Crippen LogP contribution < -0.4 is 15.0 Å². The molecule has 0 aliphatic heterocycles. The van der Waals surface area contributed by atoms with Gasteiger partial charge in [-0.2, -0.15) is 0 Å². The second kappa shape index (κ2) is 11.9. The molecule has 0 spiro atoms. The van der Waals surface area contributed by atoms with E-state index in [1.807, 2.05) is 80.6 Å². The third-order valence-electron chi connectivity index (χ3n) is 5.83. The molecule has 0 saturated heterocycles. The molecular formula is C29H34N2O3. The van der Waals surface area contributed by atoms with Crippen LogP contribution in [0.25, 0.3) is 6.08 Å². The van der Waals surface area contributed by atoms with Crippen molar-refractivity contribution in [2.75, 3.05) is 23.3 Å². The molecule has 0 saturated carbocycles. The van der Waals surface area contributed by atoms with E-state index in [1.165, 1.54) is 0 Å². The predicted molar refractivity (Wildman–Crippen MR) is 141 cm³/mol. The van der Waals surface area contributed by atoms with Crippen LogP contribution >= 0.6 is 0 Å². The van der Waals surface area contributed by atoms with Gasteiger partial charge < -0.3 is 14.4 Å². The van der Waals surface area contributed by atoms with Gasteiger partial charge >= 0.3 is 6.09 Å². The lowest BCUT2D eigenvalue weighted by Crippen LogP contribution is -2.22. The molecule has 0 bridgehead atoms. The summed E-state index contributed by atoms with van der Waals surface area (Å²) in [5.41, 5.74) is 5.95. The lowest BCUT2D eigenvalue weighted by atomic mass is 10.1. The summed E-state index contributed by atoms with van der Waals surface area (Å²) in [7, 11) is 0. The van der Waals surface area contributed by atoms with Crippen molar-refractivity contribution in [3.05, 3.63) is 95.6 Å². The van der Waals surface area contributed by atoms with E-state index in [2.05, 4.69) is 36.7 Å². The first kappa shape index (κ1) is 24.9. The Labute approximate surface area is 203 Å². The lowest BCUT2D eigenvalue weighted by Gasteiger charge is -2.22. The zero-order chi connectivity index (χ0) is 24.5. The first-order chi connectivity index (χ1) is 16.4. The number of aryl methyl sites for hydroxylation is 1. The van der Waals surface area contributed by atoms with Gasteiger partial charge in [-0.25, -0.2) is 4.79 Å². The van der Waals surface area contributed by atoms with Crippen molar-refractivity contribution in [1.29, 1.82) is 0 Å². The Morgan fingerprint density at radius 2 is 1.71 bits per heavy atom. The highest BCUT2D eigenvalue weighted by Crippen LogP contribution is 2.25. The molecule has 1 unspecified atom stereocenters. The number of rotatable bonds is 10. The van der Waals surface area contributed by atoms with Crippen LogP contribution in [0.5, 0.6) is 5.75 Å². The number of anilines is 2. The number of benzene rings is 3. The average Bonchev–Trinajstić information content (AvgIpc) is 2.85. The van der Waals surface area contributed by atoms with Gasteiger partial charge in [0, 0.05) is 24.5 Å². The Kier molecular flexibility index (Phi) is 8.74. The summed E-state index contributed by atoms with van der Waals surface area (Å²) in [6, 6.07) is 21.7. The summed E-state index contributed by atoms with van der Waals surface area (Å²) < 4.78 is 11.5. The fraction of sp³-hybridized carbons (Fsp3) is 0.276. The van der Waals surface area contributed by atoms with Crippen LogP contribution in [0.1, 0.15) is 49.1 Å². The molecule has 0 radical (unpaired) electrons. The maximum atomic E-state index is 12.5. The van der Waals surface area contributed by atoms with Crippen LogP contribution in [0.2, 0.25) is 0 Å². The molecule has 0 heterocycles. The molecule has 1 N–H and O–H groups in total. The molecular weight excluding hydrogens is 424 g/mol. The average molecular weight is 459 g/mol. The molecule has 5 nitrogen and oxygen atoms in total. The Morgan fingerprint density at radius 1 is 1.03 bits per heavy atom. The third kappa shape index (κ3) is 6.64. The second-order valence-corrected chi connectivity index (χ2v) is 8.15. The van der Waals surface area contributed by atoms with Gasteiger partial charge in [0.15, 0.2) is 0 Å². The molecule has 0 aliphatic carbocycles. The van der Waals surface area contributed by atoms with E-state index < -0.39 is 12.2 Å². The molecule has 0 aliphatic rings. The fourth-order valence-corrected chi connectivity index (χ4v) is 3.69. The van der Waals surface area contributed by atoms with Gasteiger partial charge in [-0.05, 0) is 80.3 Å². The molecule has 3 rings (SSSR count). The maximum Gasteiger partial charge on any atom is 0.412 e. The number of carbonyl (C=O) groups is 1. The van der Waals surface area contributed by atoms with Crippen molar-refractivity contribution >= 4 is 23.5 Å². The largest absolute Gasteiger partial charge is 0.489 e. The highest BCUT2D eigenvalue weighted by molar-refractivity contribution is 5.86. The lowest BCUT2D eigenvalue weighted by molar-refractivity contribution is 0.121. The van der Waals surface area contributed by atoms with Crippen LogP contribution in [-0.2, 0) is 11.3 Å². The minimum atomic E-state index is -0.477. The number of nitrogens with zero attached hydrogens (tertiary/aromatic N) is 1. The first-order valence-corrected chi connectivity index (χ1v) is 11.7. The molecule has 3 aromatic carbocycles. The zero-order valence-corrected chi connectivity index (χ0v) is 20.5. The van der Waals surface area contributed by atoms with Crippen molar-refractivity contribution in [3.8, 4) is 5.75 Å². The van der Waals surface area contributed by atoms with E-state index >= 15 is 0 Å². The Balaban J connectivity index is 1.53. The summed E-state index contributed by atoms with van der Waals surface area (Å²) in [5.74, 6) is 0.761. The van der Waals surface area contributed by atoms with Gasteiger partial charge in [0.05, 0.1) is 0 Å². The molecule has 0 aromatic heterocycles. The van der Waals surface area contributed by atoms with Gasteiger partial charge in [-0.3, -0.25) is 5.32 Å². The van der Waals surface area contributed by atoms with Gasteiger partial charge in [0.1, 0.15) is 18.5 Å². The zero-order valence-electron chi connectivity index (χ0n) is 20.5. The molecule has 1 amide bonds. The van der Waals surface area contributed by atoms with Gasteiger partial charge in [0.2, 0.25) is 0 Å². The summed E-state index contributed by atoms with van der Waals surface area (Å²) >= 11 is 0. The molecule has 178 valence electrons. The second-order valence-electron chi connectivity index (χ2n) is 8.15. The third-order valence-corrected chi connectivity index (χ3v) is 5.83. The molecule has 0 fully saturated rings. The van der Waals surface area contributed by atoms with Gasteiger partial charge in [-0.1, -0.05) is 49.1 Å². The van der Waals surface area contributed by atoms with Crippen molar-refractivity contribution in [3.63, 3.8) is 0 Å². The fourth-order valence-electron chi connectivity index (χ4n) is 3.69. The van der Waals surface area contributed by atoms with Crippen molar-refractivity contribution in [2.24, 2.45) is 0 Å². The Bertz CT molecular complexity index is 1090. The summed E-state index contributed by atoms with van der Waals surface area (Å²) in [4.78, 5) is 14.7. The molecule has 5 heteroatoms. The van der Waals surface area contributed by atoms with E-state index in [-0.39, 0.29) is 0 Å². The van der Waals surface area contributed by atoms with E-state index in [0.29, 0.717) is 6.61 Å². The van der Waals surface area contributed by atoms with Crippen molar-refractivity contribution < 1.29 is 14.3 Å². The number of hydrogen-bond donors (Lipinski definition) is 1. The van der Waals surface area contributed by atoms with E-state index in [4.69, 9.17) is 9.47 Å². The van der Waals surface area contributed by atoms with Crippen LogP contribution in [0.3, 0.4) is 0 Å². The smallest absolute Gasteiger partial charge is 0.412 e. The number of nitrogens with one attached hydrogen (secondary N) is 1. The highest BCUT2D eigenvalue weighted by atomic mass is 16.6. The van der Waals surface area contributed by atoms with E-state index in [1.54, 1.807) is 0 Å². The monoisotopic (exact) mass is 458 g/mol.